The van der Waals surface area contributed by atoms with E-state index >= 15 is 0 Å². The van der Waals surface area contributed by atoms with Gasteiger partial charge in [-0.05, 0) is 20.8 Å². The van der Waals surface area contributed by atoms with E-state index < -0.39 is 5.91 Å². The summed E-state index contributed by atoms with van der Waals surface area (Å²) in [6, 6.07) is 7.41. The van der Waals surface area contributed by atoms with Gasteiger partial charge in [-0.2, -0.15) is 0 Å². The van der Waals surface area contributed by atoms with Crippen molar-refractivity contribution in [3.8, 4) is 11.3 Å². The van der Waals surface area contributed by atoms with Crippen LogP contribution in [0.1, 0.15) is 50.7 Å². The third-order valence-electron chi connectivity index (χ3n) is 4.52. The van der Waals surface area contributed by atoms with E-state index in [-0.39, 0.29) is 34.2 Å². The fourth-order valence-electron chi connectivity index (χ4n) is 2.84. The highest BCUT2D eigenvalue weighted by Crippen LogP contribution is 2.38. The third kappa shape index (κ3) is 2.52. The molecule has 0 radical (unpaired) electrons. The molecule has 5 heteroatoms. The van der Waals surface area contributed by atoms with Crippen LogP contribution in [0, 0.1) is 6.92 Å². The molecule has 0 bridgehead atoms. The lowest BCUT2D eigenvalue weighted by atomic mass is 9.84. The zero-order valence-electron chi connectivity index (χ0n) is 14.9. The van der Waals surface area contributed by atoms with Crippen LogP contribution in [0.2, 0.25) is 0 Å². The van der Waals surface area contributed by atoms with E-state index in [1.807, 2.05) is 31.2 Å². The van der Waals surface area contributed by atoms with Crippen molar-refractivity contribution in [3.63, 3.8) is 0 Å². The van der Waals surface area contributed by atoms with Gasteiger partial charge in [-0.15, -0.1) is 0 Å². The van der Waals surface area contributed by atoms with Crippen molar-refractivity contribution >= 4 is 17.5 Å². The number of rotatable bonds is 2. The van der Waals surface area contributed by atoms with Crippen LogP contribution in [0.5, 0.6) is 0 Å². The zero-order valence-corrected chi connectivity index (χ0v) is 14.9. The smallest absolute Gasteiger partial charge is 0.289 e. The van der Waals surface area contributed by atoms with Gasteiger partial charge in [-0.25, -0.2) is 0 Å². The molecule has 0 fully saturated rings. The summed E-state index contributed by atoms with van der Waals surface area (Å²) < 4.78 is 5.79. The number of benzene rings is 1. The lowest BCUT2D eigenvalue weighted by Gasteiger charge is -2.15. The Balaban J connectivity index is 2.34. The van der Waals surface area contributed by atoms with E-state index in [4.69, 9.17) is 4.42 Å². The van der Waals surface area contributed by atoms with Gasteiger partial charge in [0.15, 0.2) is 11.6 Å². The number of aryl methyl sites for hydroxylation is 1. The number of nitrogens with zero attached hydrogens (tertiary/aromatic N) is 1. The van der Waals surface area contributed by atoms with Gasteiger partial charge in [0, 0.05) is 30.8 Å². The molecule has 0 saturated heterocycles. The zero-order chi connectivity index (χ0) is 18.5. The van der Waals surface area contributed by atoms with Gasteiger partial charge in [0.05, 0.1) is 11.1 Å². The van der Waals surface area contributed by atoms with Crippen LogP contribution in [-0.4, -0.2) is 36.5 Å². The molecule has 1 aromatic carbocycles. The number of carbonyl (C=O) groups excluding carboxylic acids is 3. The molecule has 1 aliphatic carbocycles. The Morgan fingerprint density at radius 3 is 1.92 bits per heavy atom. The maximum atomic E-state index is 12.8. The number of fused-ring (bicyclic) bond motifs is 1. The van der Waals surface area contributed by atoms with Crippen molar-refractivity contribution in [1.82, 2.24) is 4.90 Å². The molecular weight excluding hydrogens is 318 g/mol. The summed E-state index contributed by atoms with van der Waals surface area (Å²) in [5.41, 5.74) is 2.71. The second kappa shape index (κ2) is 5.84. The van der Waals surface area contributed by atoms with Gasteiger partial charge in [0.2, 0.25) is 5.76 Å². The van der Waals surface area contributed by atoms with Crippen molar-refractivity contribution in [2.75, 3.05) is 14.1 Å². The number of allylic oxidation sites excluding steroid dienone is 2. The second-order valence-corrected chi connectivity index (χ2v) is 6.48. The molecule has 1 amide bonds. The van der Waals surface area contributed by atoms with Crippen LogP contribution < -0.4 is 0 Å². The van der Waals surface area contributed by atoms with E-state index in [2.05, 4.69) is 0 Å². The molecule has 0 N–H and O–H groups in total. The first-order valence-electron chi connectivity index (χ1n) is 7.96. The van der Waals surface area contributed by atoms with E-state index in [1.165, 1.54) is 4.90 Å². The molecule has 0 atom stereocenters. The first kappa shape index (κ1) is 16.9. The molecule has 0 aliphatic heterocycles. The van der Waals surface area contributed by atoms with Crippen molar-refractivity contribution in [2.45, 2.75) is 20.8 Å². The maximum Gasteiger partial charge on any atom is 0.289 e. The predicted octanol–water partition coefficient (Wildman–Crippen LogP) is 3.67. The largest absolute Gasteiger partial charge is 0.449 e. The number of carbonyl (C=O) groups is 3. The topological polar surface area (TPSA) is 67.6 Å². The number of amides is 1. The molecule has 3 rings (SSSR count). The van der Waals surface area contributed by atoms with Crippen LogP contribution in [0.15, 0.2) is 39.8 Å². The Morgan fingerprint density at radius 2 is 1.40 bits per heavy atom. The number of hydrogen-bond acceptors (Lipinski definition) is 4. The predicted molar refractivity (Wildman–Crippen MR) is 93.9 cm³/mol. The fraction of sp³-hybridized carbons (Fsp3) is 0.250. The third-order valence-corrected chi connectivity index (χ3v) is 4.52. The maximum absolute atomic E-state index is 12.8. The monoisotopic (exact) mass is 337 g/mol. The van der Waals surface area contributed by atoms with Gasteiger partial charge < -0.3 is 9.32 Å². The average Bonchev–Trinajstić information content (AvgIpc) is 2.98. The average molecular weight is 337 g/mol. The molecule has 1 aliphatic rings. The summed E-state index contributed by atoms with van der Waals surface area (Å²) in [5, 5.41) is 0. The number of ketones is 2. The SMILES string of the molecule is CC1=C(C)C(=O)c2c(-c3ccc(C)cc3)oc(C(=O)N(C)C)c2C1=O. The Kier molecular flexibility index (Phi) is 3.95. The standard InChI is InChI=1S/C20H19NO4/c1-10-6-8-13(9-7-10)18-14-15(19(25-18)20(24)21(4)5)17(23)12(3)11(2)16(14)22/h6-9H,1-5H3. The normalized spacial score (nSPS) is 14.0. The highest BCUT2D eigenvalue weighted by molar-refractivity contribution is 6.30. The van der Waals surface area contributed by atoms with Gasteiger partial charge in [-0.3, -0.25) is 14.4 Å². The summed E-state index contributed by atoms with van der Waals surface area (Å²) in [5.74, 6) is -0.863. The minimum Gasteiger partial charge on any atom is -0.449 e. The summed E-state index contributed by atoms with van der Waals surface area (Å²) in [6.45, 7) is 5.17. The molecular formula is C20H19NO4. The van der Waals surface area contributed by atoms with E-state index in [0.717, 1.165) is 5.56 Å². The number of Topliss-reactive ketones (excluding diaryl/α,β-unsaturated/α-hetero) is 2. The van der Waals surface area contributed by atoms with Crippen molar-refractivity contribution in [1.29, 1.82) is 0 Å². The molecule has 0 saturated carbocycles. The highest BCUT2D eigenvalue weighted by Gasteiger charge is 2.39. The van der Waals surface area contributed by atoms with Crippen molar-refractivity contribution in [2.24, 2.45) is 0 Å². The quantitative estimate of drug-likeness (QED) is 0.838. The highest BCUT2D eigenvalue weighted by atomic mass is 16.4. The Hall–Kier alpha value is -2.95. The van der Waals surface area contributed by atoms with E-state index in [0.29, 0.717) is 16.7 Å². The fourth-order valence-corrected chi connectivity index (χ4v) is 2.84. The van der Waals surface area contributed by atoms with Crippen molar-refractivity contribution < 1.29 is 18.8 Å². The molecule has 1 heterocycles. The Labute approximate surface area is 145 Å². The summed E-state index contributed by atoms with van der Waals surface area (Å²) in [6.07, 6.45) is 0. The molecule has 0 spiro atoms. The van der Waals surface area contributed by atoms with E-state index in [9.17, 15) is 14.4 Å². The van der Waals surface area contributed by atoms with Gasteiger partial charge in [0.1, 0.15) is 5.76 Å². The summed E-state index contributed by atoms with van der Waals surface area (Å²) in [4.78, 5) is 39.5. The minimum absolute atomic E-state index is 0.0716. The first-order chi connectivity index (χ1) is 11.7. The minimum atomic E-state index is -0.442. The Morgan fingerprint density at radius 1 is 0.880 bits per heavy atom. The summed E-state index contributed by atoms with van der Waals surface area (Å²) in [7, 11) is 3.15. The molecule has 1 aromatic heterocycles. The lowest BCUT2D eigenvalue weighted by Crippen LogP contribution is -2.26. The molecule has 25 heavy (non-hydrogen) atoms. The van der Waals surface area contributed by atoms with Gasteiger partial charge in [-0.1, -0.05) is 29.8 Å². The van der Waals surface area contributed by atoms with Gasteiger partial charge in [0.25, 0.3) is 5.91 Å². The second-order valence-electron chi connectivity index (χ2n) is 6.48. The van der Waals surface area contributed by atoms with E-state index in [1.54, 1.807) is 27.9 Å². The van der Waals surface area contributed by atoms with Crippen LogP contribution >= 0.6 is 0 Å². The first-order valence-corrected chi connectivity index (χ1v) is 7.96. The van der Waals surface area contributed by atoms with Crippen LogP contribution in [-0.2, 0) is 0 Å². The summed E-state index contributed by atoms with van der Waals surface area (Å²) >= 11 is 0. The lowest BCUT2D eigenvalue weighted by molar-refractivity contribution is 0.0791. The van der Waals surface area contributed by atoms with Crippen LogP contribution in [0.4, 0.5) is 0 Å². The molecule has 0 unspecified atom stereocenters. The molecule has 5 nitrogen and oxygen atoms in total. The number of furan rings is 1. The number of hydrogen-bond donors (Lipinski definition) is 0. The van der Waals surface area contributed by atoms with Crippen LogP contribution in [0.25, 0.3) is 11.3 Å². The Bertz CT molecular complexity index is 943. The van der Waals surface area contributed by atoms with Crippen molar-refractivity contribution in [3.05, 3.63) is 57.9 Å². The molecule has 2 aromatic rings. The molecule has 128 valence electrons. The van der Waals surface area contributed by atoms with Crippen LogP contribution in [0.3, 0.4) is 0 Å². The van der Waals surface area contributed by atoms with Gasteiger partial charge >= 0.3 is 0 Å².